The number of carbonyl (C=O) groups is 1. The van der Waals surface area contributed by atoms with Gasteiger partial charge in [-0.25, -0.2) is 0 Å². The first-order valence-electron chi connectivity index (χ1n) is 6.81. The quantitative estimate of drug-likeness (QED) is 0.762. The van der Waals surface area contributed by atoms with Gasteiger partial charge in [-0.15, -0.1) is 0 Å². The lowest BCUT2D eigenvalue weighted by atomic mass is 9.83. The molecule has 1 amide bonds. The van der Waals surface area contributed by atoms with Crippen LogP contribution in [0.1, 0.15) is 26.7 Å². The highest BCUT2D eigenvalue weighted by Crippen LogP contribution is 2.24. The van der Waals surface area contributed by atoms with E-state index in [2.05, 4.69) is 21.2 Å². The van der Waals surface area contributed by atoms with Crippen LogP contribution < -0.4 is 10.1 Å². The van der Waals surface area contributed by atoms with Crippen LogP contribution in [0.25, 0.3) is 0 Å². The van der Waals surface area contributed by atoms with Crippen LogP contribution in [0.3, 0.4) is 0 Å². The fourth-order valence-corrected chi connectivity index (χ4v) is 2.20. The summed E-state index contributed by atoms with van der Waals surface area (Å²) in [4.78, 5) is 11.8. The van der Waals surface area contributed by atoms with Crippen molar-refractivity contribution in [3.63, 3.8) is 0 Å². The number of benzene rings is 1. The Morgan fingerprint density at radius 2 is 2.10 bits per heavy atom. The summed E-state index contributed by atoms with van der Waals surface area (Å²) in [5.41, 5.74) is -0.231. The first kappa shape index (κ1) is 17.0. The summed E-state index contributed by atoms with van der Waals surface area (Å²) in [5.74, 6) is 0.471. The molecule has 2 N–H and O–H groups in total. The largest absolute Gasteiger partial charge is 0.484 e. The third kappa shape index (κ3) is 5.13. The average Bonchev–Trinajstić information content (AvgIpc) is 2.47. The fourth-order valence-electron chi connectivity index (χ4n) is 1.82. The molecule has 0 bridgehead atoms. The van der Waals surface area contributed by atoms with Crippen LogP contribution in [0.2, 0.25) is 0 Å². The van der Waals surface area contributed by atoms with Gasteiger partial charge in [0.05, 0.1) is 6.61 Å². The molecule has 0 radical (unpaired) electrons. The topological polar surface area (TPSA) is 58.6 Å². The molecule has 0 fully saturated rings. The van der Waals surface area contributed by atoms with Gasteiger partial charge in [-0.2, -0.15) is 0 Å². The molecular formula is C15H22BrNO3. The molecule has 0 spiro atoms. The number of halogens is 1. The minimum absolute atomic E-state index is 0.0224. The van der Waals surface area contributed by atoms with Gasteiger partial charge >= 0.3 is 0 Å². The first-order chi connectivity index (χ1) is 9.55. The summed E-state index contributed by atoms with van der Waals surface area (Å²) in [7, 11) is 0. The van der Waals surface area contributed by atoms with Crippen molar-refractivity contribution < 1.29 is 14.6 Å². The summed E-state index contributed by atoms with van der Waals surface area (Å²) in [6, 6.07) is 7.35. The molecule has 0 aromatic heterocycles. The third-order valence-corrected chi connectivity index (χ3v) is 4.16. The second-order valence-corrected chi connectivity index (χ2v) is 5.80. The van der Waals surface area contributed by atoms with Crippen molar-refractivity contribution in [2.75, 3.05) is 19.8 Å². The molecule has 0 heterocycles. The van der Waals surface area contributed by atoms with Crippen LogP contribution in [-0.2, 0) is 4.79 Å². The maximum absolute atomic E-state index is 11.8. The second-order valence-electron chi connectivity index (χ2n) is 4.89. The third-order valence-electron chi connectivity index (χ3n) is 3.66. The normalized spacial score (nSPS) is 11.2. The van der Waals surface area contributed by atoms with Crippen molar-refractivity contribution in [3.8, 4) is 5.75 Å². The van der Waals surface area contributed by atoms with E-state index >= 15 is 0 Å². The number of amides is 1. The van der Waals surface area contributed by atoms with Crippen molar-refractivity contribution in [3.05, 3.63) is 28.7 Å². The summed E-state index contributed by atoms with van der Waals surface area (Å²) in [6.45, 7) is 4.56. The smallest absolute Gasteiger partial charge is 0.257 e. The number of carbonyl (C=O) groups excluding carboxylic acids is 1. The average molecular weight is 344 g/mol. The van der Waals surface area contributed by atoms with Gasteiger partial charge in [0.25, 0.3) is 5.91 Å². The molecule has 0 aliphatic carbocycles. The standard InChI is InChI=1S/C15H22BrNO3/c1-3-15(4-2,11-18)10-17-14(19)9-20-13-7-5-6-12(16)8-13/h5-8,18H,3-4,9-11H2,1-2H3,(H,17,19). The Hall–Kier alpha value is -1.07. The van der Waals surface area contributed by atoms with Gasteiger partial charge < -0.3 is 15.2 Å². The van der Waals surface area contributed by atoms with E-state index in [1.807, 2.05) is 32.0 Å². The summed E-state index contributed by atoms with van der Waals surface area (Å²) in [6.07, 6.45) is 1.65. The Balaban J connectivity index is 2.40. The molecule has 20 heavy (non-hydrogen) atoms. The number of hydrogen-bond acceptors (Lipinski definition) is 3. The molecule has 1 rings (SSSR count). The number of hydrogen-bond donors (Lipinski definition) is 2. The van der Waals surface area contributed by atoms with Crippen LogP contribution in [0.5, 0.6) is 5.75 Å². The predicted octanol–water partition coefficient (Wildman–Crippen LogP) is 2.74. The molecule has 5 heteroatoms. The number of rotatable bonds is 8. The summed E-state index contributed by atoms with van der Waals surface area (Å²) >= 11 is 3.35. The van der Waals surface area contributed by atoms with Gasteiger partial charge in [0.15, 0.2) is 6.61 Å². The van der Waals surface area contributed by atoms with Gasteiger partial charge in [0.2, 0.25) is 0 Å². The minimum atomic E-state index is -0.231. The molecule has 0 unspecified atom stereocenters. The Morgan fingerprint density at radius 1 is 1.40 bits per heavy atom. The van der Waals surface area contributed by atoms with Crippen LogP contribution in [0.15, 0.2) is 28.7 Å². The van der Waals surface area contributed by atoms with E-state index in [1.54, 1.807) is 6.07 Å². The molecule has 0 atom stereocenters. The molecule has 0 aliphatic rings. The van der Waals surface area contributed by atoms with Gasteiger partial charge in [0, 0.05) is 16.4 Å². The van der Waals surface area contributed by atoms with Crippen molar-refractivity contribution in [2.24, 2.45) is 5.41 Å². The highest BCUT2D eigenvalue weighted by Gasteiger charge is 2.25. The van der Waals surface area contributed by atoms with E-state index in [-0.39, 0.29) is 24.5 Å². The molecular weight excluding hydrogens is 322 g/mol. The minimum Gasteiger partial charge on any atom is -0.484 e. The first-order valence-corrected chi connectivity index (χ1v) is 7.60. The Bertz CT molecular complexity index is 425. The molecule has 1 aromatic rings. The highest BCUT2D eigenvalue weighted by atomic mass is 79.9. The summed E-state index contributed by atoms with van der Waals surface area (Å²) in [5, 5.41) is 12.3. The zero-order chi connectivity index (χ0) is 15.0. The molecule has 1 aromatic carbocycles. The lowest BCUT2D eigenvalue weighted by Gasteiger charge is -2.29. The number of aliphatic hydroxyl groups is 1. The van der Waals surface area contributed by atoms with Crippen LogP contribution >= 0.6 is 15.9 Å². The van der Waals surface area contributed by atoms with Crippen molar-refractivity contribution >= 4 is 21.8 Å². The fraction of sp³-hybridized carbons (Fsp3) is 0.533. The van der Waals surface area contributed by atoms with Gasteiger partial charge in [-0.1, -0.05) is 35.8 Å². The number of ether oxygens (including phenoxy) is 1. The van der Waals surface area contributed by atoms with E-state index in [0.717, 1.165) is 17.3 Å². The van der Waals surface area contributed by atoms with Gasteiger partial charge in [-0.05, 0) is 31.0 Å². The molecule has 0 saturated heterocycles. The van der Waals surface area contributed by atoms with E-state index < -0.39 is 0 Å². The predicted molar refractivity (Wildman–Crippen MR) is 82.7 cm³/mol. The molecule has 0 saturated carbocycles. The van der Waals surface area contributed by atoms with Crippen LogP contribution in [0.4, 0.5) is 0 Å². The number of nitrogens with one attached hydrogen (secondary N) is 1. The molecule has 4 nitrogen and oxygen atoms in total. The Labute approximate surface area is 128 Å². The maximum Gasteiger partial charge on any atom is 0.257 e. The van der Waals surface area contributed by atoms with E-state index in [9.17, 15) is 9.90 Å². The SMILES string of the molecule is CCC(CC)(CO)CNC(=O)COc1cccc(Br)c1. The van der Waals surface area contributed by atoms with Crippen molar-refractivity contribution in [2.45, 2.75) is 26.7 Å². The van der Waals surface area contributed by atoms with E-state index in [4.69, 9.17) is 4.74 Å². The zero-order valence-corrected chi connectivity index (χ0v) is 13.6. The Morgan fingerprint density at radius 3 is 2.65 bits per heavy atom. The maximum atomic E-state index is 11.8. The monoisotopic (exact) mass is 343 g/mol. The summed E-state index contributed by atoms with van der Waals surface area (Å²) < 4.78 is 6.32. The van der Waals surface area contributed by atoms with Gasteiger partial charge in [-0.3, -0.25) is 4.79 Å². The van der Waals surface area contributed by atoms with Crippen molar-refractivity contribution in [1.82, 2.24) is 5.32 Å². The zero-order valence-electron chi connectivity index (χ0n) is 12.0. The van der Waals surface area contributed by atoms with E-state index in [0.29, 0.717) is 12.3 Å². The van der Waals surface area contributed by atoms with E-state index in [1.165, 1.54) is 0 Å². The lowest BCUT2D eigenvalue weighted by molar-refractivity contribution is -0.123. The van der Waals surface area contributed by atoms with Crippen molar-refractivity contribution in [1.29, 1.82) is 0 Å². The van der Waals surface area contributed by atoms with Crippen LogP contribution in [-0.4, -0.2) is 30.8 Å². The van der Waals surface area contributed by atoms with Gasteiger partial charge in [0.1, 0.15) is 5.75 Å². The van der Waals surface area contributed by atoms with Crippen LogP contribution in [0, 0.1) is 5.41 Å². The Kier molecular flexibility index (Phi) is 7.02. The second kappa shape index (κ2) is 8.27. The molecule has 0 aliphatic heterocycles. The molecule has 112 valence electrons. The highest BCUT2D eigenvalue weighted by molar-refractivity contribution is 9.10. The number of aliphatic hydroxyl groups excluding tert-OH is 1. The lowest BCUT2D eigenvalue weighted by Crippen LogP contribution is -2.41.